The first-order valence-corrected chi connectivity index (χ1v) is 8.02. The molecule has 1 aromatic heterocycles. The molecule has 6 heteroatoms. The molecule has 2 heterocycles. The highest BCUT2D eigenvalue weighted by Gasteiger charge is 2.36. The molecule has 1 saturated heterocycles. The smallest absolute Gasteiger partial charge is 0.229 e. The molecule has 120 valence electrons. The summed E-state index contributed by atoms with van der Waals surface area (Å²) in [6, 6.07) is 2.59. The van der Waals surface area contributed by atoms with Crippen LogP contribution >= 0.6 is 0 Å². The van der Waals surface area contributed by atoms with Gasteiger partial charge in [-0.25, -0.2) is 4.98 Å². The third-order valence-electron chi connectivity index (χ3n) is 4.46. The van der Waals surface area contributed by atoms with Gasteiger partial charge in [0.2, 0.25) is 17.7 Å². The summed E-state index contributed by atoms with van der Waals surface area (Å²) < 4.78 is 5.26. The van der Waals surface area contributed by atoms with E-state index in [0.29, 0.717) is 18.0 Å². The third kappa shape index (κ3) is 3.15. The van der Waals surface area contributed by atoms with E-state index in [9.17, 15) is 4.79 Å². The lowest BCUT2D eigenvalue weighted by Gasteiger charge is -2.30. The average Bonchev–Trinajstić information content (AvgIpc) is 3.21. The van der Waals surface area contributed by atoms with Crippen molar-refractivity contribution in [3.8, 4) is 5.88 Å². The topological polar surface area (TPSA) is 58.6 Å². The Bertz CT molecular complexity index is 559. The molecule has 1 atom stereocenters. The zero-order chi connectivity index (χ0) is 15.7. The molecule has 1 saturated carbocycles. The van der Waals surface area contributed by atoms with E-state index in [4.69, 9.17) is 4.74 Å². The molecular formula is C16H24N4O2. The molecule has 0 aromatic carbocycles. The fraction of sp³-hybridized carbons (Fsp3) is 0.688. The van der Waals surface area contributed by atoms with Gasteiger partial charge in [0.15, 0.2) is 0 Å². The lowest BCUT2D eigenvalue weighted by Crippen LogP contribution is -2.44. The summed E-state index contributed by atoms with van der Waals surface area (Å²) in [5.74, 6) is 1.49. The molecule has 2 aliphatic rings. The monoisotopic (exact) mass is 304 g/mol. The number of amides is 1. The van der Waals surface area contributed by atoms with Crippen LogP contribution in [0.3, 0.4) is 0 Å². The van der Waals surface area contributed by atoms with Crippen LogP contribution in [0.25, 0.3) is 0 Å². The van der Waals surface area contributed by atoms with Crippen molar-refractivity contribution >= 4 is 11.9 Å². The van der Waals surface area contributed by atoms with Gasteiger partial charge in [0.25, 0.3) is 0 Å². The molecule has 1 unspecified atom stereocenters. The quantitative estimate of drug-likeness (QED) is 0.830. The van der Waals surface area contributed by atoms with Crippen LogP contribution in [0.2, 0.25) is 0 Å². The zero-order valence-electron chi connectivity index (χ0n) is 13.6. The first-order chi connectivity index (χ1) is 10.6. The van der Waals surface area contributed by atoms with E-state index in [2.05, 4.69) is 14.9 Å². The van der Waals surface area contributed by atoms with Crippen LogP contribution in [0.15, 0.2) is 6.07 Å². The number of hydrogen-bond acceptors (Lipinski definition) is 5. The third-order valence-corrected chi connectivity index (χ3v) is 4.46. The predicted octanol–water partition coefficient (Wildman–Crippen LogP) is 1.77. The number of hydrogen-bond donors (Lipinski definition) is 0. The van der Waals surface area contributed by atoms with Gasteiger partial charge in [-0.3, -0.25) is 4.79 Å². The highest BCUT2D eigenvalue weighted by atomic mass is 16.5. The van der Waals surface area contributed by atoms with Gasteiger partial charge in [-0.1, -0.05) is 0 Å². The number of rotatable bonds is 5. The van der Waals surface area contributed by atoms with Crippen molar-refractivity contribution in [2.45, 2.75) is 51.6 Å². The van der Waals surface area contributed by atoms with Gasteiger partial charge in [-0.15, -0.1) is 0 Å². The summed E-state index contributed by atoms with van der Waals surface area (Å²) in [6.07, 6.45) is 4.47. The molecule has 1 aliphatic carbocycles. The Kier molecular flexibility index (Phi) is 4.18. The van der Waals surface area contributed by atoms with E-state index >= 15 is 0 Å². The Labute approximate surface area is 131 Å². The summed E-state index contributed by atoms with van der Waals surface area (Å²) in [5, 5.41) is 0. The second-order valence-corrected chi connectivity index (χ2v) is 6.24. The average molecular weight is 304 g/mol. The first kappa shape index (κ1) is 15.1. The Morgan fingerprint density at radius 1 is 1.41 bits per heavy atom. The number of carbonyl (C=O) groups excluding carboxylic acids is 1. The second-order valence-electron chi connectivity index (χ2n) is 6.24. The van der Waals surface area contributed by atoms with Crippen LogP contribution in [0, 0.1) is 6.92 Å². The lowest BCUT2D eigenvalue weighted by molar-refractivity contribution is -0.129. The Balaban J connectivity index is 1.77. The van der Waals surface area contributed by atoms with Crippen LogP contribution in [0.4, 0.5) is 5.95 Å². The van der Waals surface area contributed by atoms with E-state index in [1.807, 2.05) is 17.9 Å². The van der Waals surface area contributed by atoms with Gasteiger partial charge in [-0.05, 0) is 32.6 Å². The number of ether oxygens (including phenoxy) is 1. The van der Waals surface area contributed by atoms with Crippen molar-refractivity contribution in [2.75, 3.05) is 25.1 Å². The highest BCUT2D eigenvalue weighted by Crippen LogP contribution is 2.30. The minimum atomic E-state index is 0.178. The normalized spacial score (nSPS) is 21.0. The molecular weight excluding hydrogens is 280 g/mol. The lowest BCUT2D eigenvalue weighted by atomic mass is 10.2. The number of carbonyl (C=O) groups is 1. The van der Waals surface area contributed by atoms with Gasteiger partial charge in [0, 0.05) is 43.9 Å². The summed E-state index contributed by atoms with van der Waals surface area (Å²) in [7, 11) is 1.62. The Morgan fingerprint density at radius 3 is 2.82 bits per heavy atom. The number of aromatic nitrogens is 2. The van der Waals surface area contributed by atoms with Crippen molar-refractivity contribution in [2.24, 2.45) is 0 Å². The predicted molar refractivity (Wildman–Crippen MR) is 84.1 cm³/mol. The van der Waals surface area contributed by atoms with Crippen LogP contribution < -0.4 is 9.64 Å². The molecule has 1 aromatic rings. The largest absolute Gasteiger partial charge is 0.481 e. The summed E-state index contributed by atoms with van der Waals surface area (Å²) in [4.78, 5) is 25.2. The van der Waals surface area contributed by atoms with E-state index in [0.717, 1.165) is 50.4 Å². The summed E-state index contributed by atoms with van der Waals surface area (Å²) >= 11 is 0. The van der Waals surface area contributed by atoms with Crippen molar-refractivity contribution in [1.29, 1.82) is 0 Å². The van der Waals surface area contributed by atoms with Gasteiger partial charge in [0.1, 0.15) is 0 Å². The van der Waals surface area contributed by atoms with Crippen LogP contribution in [-0.2, 0) is 4.79 Å². The molecule has 0 bridgehead atoms. The van der Waals surface area contributed by atoms with Crippen LogP contribution in [0.1, 0.15) is 38.3 Å². The van der Waals surface area contributed by atoms with Gasteiger partial charge in [-0.2, -0.15) is 4.98 Å². The number of nitrogens with zero attached hydrogens (tertiary/aromatic N) is 4. The van der Waals surface area contributed by atoms with Gasteiger partial charge < -0.3 is 14.5 Å². The maximum Gasteiger partial charge on any atom is 0.229 e. The molecule has 2 fully saturated rings. The van der Waals surface area contributed by atoms with E-state index < -0.39 is 0 Å². The maximum absolute atomic E-state index is 11.9. The van der Waals surface area contributed by atoms with E-state index in [1.165, 1.54) is 0 Å². The van der Waals surface area contributed by atoms with Crippen molar-refractivity contribution in [1.82, 2.24) is 14.9 Å². The van der Waals surface area contributed by atoms with Crippen molar-refractivity contribution in [3.63, 3.8) is 0 Å². The van der Waals surface area contributed by atoms with Gasteiger partial charge in [0.05, 0.1) is 7.11 Å². The molecule has 3 rings (SSSR count). The summed E-state index contributed by atoms with van der Waals surface area (Å²) in [5.41, 5.74) is 0.901. The van der Waals surface area contributed by atoms with E-state index in [-0.39, 0.29) is 5.91 Å². The summed E-state index contributed by atoms with van der Waals surface area (Å²) in [6.45, 7) is 5.34. The number of methoxy groups -OCH3 is 1. The standard InChI is InChI=1S/C16H24N4O2/c1-11-9-15(22-3)18-16(17-11)19-8-4-5-14(19)10-20(12(2)21)13-6-7-13/h9,13-14H,4-8,10H2,1-3H3. The molecule has 0 radical (unpaired) electrons. The minimum absolute atomic E-state index is 0.178. The molecule has 0 N–H and O–H groups in total. The SMILES string of the molecule is COc1cc(C)nc(N2CCCC2CN(C(C)=O)C2CC2)n1. The maximum atomic E-state index is 11.9. The molecule has 0 spiro atoms. The molecule has 6 nitrogen and oxygen atoms in total. The zero-order valence-corrected chi connectivity index (χ0v) is 13.6. The number of anilines is 1. The fourth-order valence-electron chi connectivity index (χ4n) is 3.19. The highest BCUT2D eigenvalue weighted by molar-refractivity contribution is 5.74. The van der Waals surface area contributed by atoms with Crippen molar-refractivity contribution < 1.29 is 9.53 Å². The Morgan fingerprint density at radius 2 is 2.18 bits per heavy atom. The van der Waals surface area contributed by atoms with Crippen LogP contribution in [-0.4, -0.2) is 53.1 Å². The fourth-order valence-corrected chi connectivity index (χ4v) is 3.19. The Hall–Kier alpha value is -1.85. The second kappa shape index (κ2) is 6.10. The number of aryl methyl sites for hydroxylation is 1. The van der Waals surface area contributed by atoms with E-state index in [1.54, 1.807) is 14.0 Å². The molecule has 1 aliphatic heterocycles. The first-order valence-electron chi connectivity index (χ1n) is 8.02. The molecule has 1 amide bonds. The minimum Gasteiger partial charge on any atom is -0.481 e. The van der Waals surface area contributed by atoms with Crippen LogP contribution in [0.5, 0.6) is 5.88 Å². The van der Waals surface area contributed by atoms with Crippen molar-refractivity contribution in [3.05, 3.63) is 11.8 Å². The molecule has 22 heavy (non-hydrogen) atoms. The van der Waals surface area contributed by atoms with Gasteiger partial charge >= 0.3 is 0 Å².